The highest BCUT2D eigenvalue weighted by atomic mass is 16.5. The van der Waals surface area contributed by atoms with Gasteiger partial charge in [-0.3, -0.25) is 4.52 Å². The number of anilines is 1. The number of nitrogens with zero attached hydrogens (tertiary/aromatic N) is 2. The molecule has 0 saturated heterocycles. The predicted octanol–water partition coefficient (Wildman–Crippen LogP) is 2.57. The molecule has 1 heterocycles. The van der Waals surface area contributed by atoms with Gasteiger partial charge in [-0.05, 0) is 23.7 Å². The first-order chi connectivity index (χ1) is 9.74. The highest BCUT2D eigenvalue weighted by Gasteiger charge is 2.24. The minimum Gasteiger partial charge on any atom is -0.362 e. The number of nitrogen functional groups attached to an aromatic ring is 1. The molecule has 0 aliphatic carbocycles. The second-order valence-electron chi connectivity index (χ2n) is 4.80. The Morgan fingerprint density at radius 2 is 1.75 bits per heavy atom. The molecule has 0 atom stereocenters. The van der Waals surface area contributed by atoms with E-state index in [1.54, 1.807) is 4.68 Å². The number of aromatic nitrogens is 2. The molecule has 3 aromatic rings. The standard InChI is InChI=1S/C16H16N3O/c1-12-7-9-14(10-8-12)15-16(17)20-18-19(15)11-13-5-3-2-4-6-13/h2-10H,11,17H2,1H3/q+1. The third-order valence-electron chi connectivity index (χ3n) is 3.23. The second-order valence-corrected chi connectivity index (χ2v) is 4.80. The zero-order valence-electron chi connectivity index (χ0n) is 11.3. The molecular formula is C16H16N3O+. The van der Waals surface area contributed by atoms with E-state index in [9.17, 15) is 0 Å². The fraction of sp³-hybridized carbons (Fsp3) is 0.125. The molecule has 0 bridgehead atoms. The van der Waals surface area contributed by atoms with Crippen LogP contribution in [0.3, 0.4) is 0 Å². The van der Waals surface area contributed by atoms with Crippen LogP contribution >= 0.6 is 0 Å². The van der Waals surface area contributed by atoms with Crippen LogP contribution in [0.2, 0.25) is 0 Å². The summed E-state index contributed by atoms with van der Waals surface area (Å²) in [5, 5.41) is 4.03. The predicted molar refractivity (Wildman–Crippen MR) is 76.8 cm³/mol. The van der Waals surface area contributed by atoms with Crippen molar-refractivity contribution in [2.45, 2.75) is 13.5 Å². The SMILES string of the molecule is Cc1ccc(-c2c(N)on[n+]2Cc2ccccc2)cc1. The van der Waals surface area contributed by atoms with Crippen LogP contribution < -0.4 is 10.4 Å². The van der Waals surface area contributed by atoms with Gasteiger partial charge in [0.15, 0.2) is 0 Å². The van der Waals surface area contributed by atoms with Crippen molar-refractivity contribution >= 4 is 5.88 Å². The Kier molecular flexibility index (Phi) is 3.21. The van der Waals surface area contributed by atoms with Gasteiger partial charge in [0, 0.05) is 5.56 Å². The fourth-order valence-corrected chi connectivity index (χ4v) is 2.17. The smallest absolute Gasteiger partial charge is 0.305 e. The molecule has 4 heteroatoms. The summed E-state index contributed by atoms with van der Waals surface area (Å²) in [6, 6.07) is 18.3. The summed E-state index contributed by atoms with van der Waals surface area (Å²) in [6.07, 6.45) is 0. The van der Waals surface area contributed by atoms with E-state index >= 15 is 0 Å². The summed E-state index contributed by atoms with van der Waals surface area (Å²) in [6.45, 7) is 2.68. The zero-order chi connectivity index (χ0) is 13.9. The number of aryl methyl sites for hydroxylation is 1. The van der Waals surface area contributed by atoms with E-state index in [0.717, 1.165) is 16.8 Å². The van der Waals surface area contributed by atoms with E-state index < -0.39 is 0 Å². The van der Waals surface area contributed by atoms with Crippen LogP contribution in [0.1, 0.15) is 11.1 Å². The number of benzene rings is 2. The van der Waals surface area contributed by atoms with Crippen LogP contribution in [-0.4, -0.2) is 5.27 Å². The number of nitrogens with two attached hydrogens (primary N) is 1. The fourth-order valence-electron chi connectivity index (χ4n) is 2.17. The first-order valence-corrected chi connectivity index (χ1v) is 6.50. The van der Waals surface area contributed by atoms with Gasteiger partial charge in [-0.1, -0.05) is 48.0 Å². The molecule has 0 aliphatic rings. The number of hydrogen-bond acceptors (Lipinski definition) is 3. The Labute approximate surface area is 117 Å². The molecule has 4 nitrogen and oxygen atoms in total. The summed E-state index contributed by atoms with van der Waals surface area (Å²) < 4.78 is 6.93. The molecular weight excluding hydrogens is 250 g/mol. The van der Waals surface area contributed by atoms with E-state index in [0.29, 0.717) is 12.4 Å². The second kappa shape index (κ2) is 5.17. The maximum Gasteiger partial charge on any atom is 0.305 e. The largest absolute Gasteiger partial charge is 0.362 e. The van der Waals surface area contributed by atoms with Gasteiger partial charge in [0.1, 0.15) is 0 Å². The molecule has 2 aromatic carbocycles. The molecule has 100 valence electrons. The van der Waals surface area contributed by atoms with Crippen LogP contribution in [0, 0.1) is 6.92 Å². The maximum absolute atomic E-state index is 5.92. The highest BCUT2D eigenvalue weighted by molar-refractivity contribution is 5.65. The summed E-state index contributed by atoms with van der Waals surface area (Å²) in [5.74, 6) is 0.338. The molecule has 0 amide bonds. The van der Waals surface area contributed by atoms with Crippen molar-refractivity contribution < 1.29 is 9.20 Å². The van der Waals surface area contributed by atoms with Crippen molar-refractivity contribution in [3.8, 4) is 11.3 Å². The quantitative estimate of drug-likeness (QED) is 0.741. The van der Waals surface area contributed by atoms with Gasteiger partial charge in [0.2, 0.25) is 11.8 Å². The molecule has 3 rings (SSSR count). The lowest BCUT2D eigenvalue weighted by Gasteiger charge is -1.98. The van der Waals surface area contributed by atoms with Gasteiger partial charge in [-0.2, -0.15) is 0 Å². The molecule has 20 heavy (non-hydrogen) atoms. The van der Waals surface area contributed by atoms with Gasteiger partial charge in [-0.25, -0.2) is 0 Å². The van der Waals surface area contributed by atoms with Crippen molar-refractivity contribution in [1.82, 2.24) is 5.27 Å². The topological polar surface area (TPSA) is 55.9 Å². The highest BCUT2D eigenvalue weighted by Crippen LogP contribution is 2.22. The van der Waals surface area contributed by atoms with Crippen molar-refractivity contribution in [2.75, 3.05) is 5.73 Å². The Balaban J connectivity index is 1.99. The molecule has 0 radical (unpaired) electrons. The minimum atomic E-state index is 0.338. The molecule has 1 aromatic heterocycles. The molecule has 0 spiro atoms. The minimum absolute atomic E-state index is 0.338. The van der Waals surface area contributed by atoms with Gasteiger partial charge in [0.25, 0.3) is 0 Å². The van der Waals surface area contributed by atoms with E-state index in [1.165, 1.54) is 5.56 Å². The zero-order valence-corrected chi connectivity index (χ0v) is 11.3. The van der Waals surface area contributed by atoms with Gasteiger partial charge < -0.3 is 5.73 Å². The lowest BCUT2D eigenvalue weighted by atomic mass is 10.1. The van der Waals surface area contributed by atoms with Gasteiger partial charge in [-0.15, -0.1) is 0 Å². The maximum atomic E-state index is 5.92. The summed E-state index contributed by atoms with van der Waals surface area (Å²) in [5.41, 5.74) is 10.1. The van der Waals surface area contributed by atoms with E-state index in [2.05, 4.69) is 36.5 Å². The van der Waals surface area contributed by atoms with Crippen LogP contribution in [0.15, 0.2) is 59.1 Å². The average molecular weight is 266 g/mol. The lowest BCUT2D eigenvalue weighted by molar-refractivity contribution is -0.745. The first kappa shape index (κ1) is 12.4. The van der Waals surface area contributed by atoms with Crippen LogP contribution in [0.4, 0.5) is 5.88 Å². The van der Waals surface area contributed by atoms with Crippen LogP contribution in [0.25, 0.3) is 11.3 Å². The monoisotopic (exact) mass is 266 g/mol. The number of hydrogen-bond donors (Lipinski definition) is 1. The normalized spacial score (nSPS) is 10.7. The summed E-state index contributed by atoms with van der Waals surface area (Å²) >= 11 is 0. The van der Waals surface area contributed by atoms with Crippen molar-refractivity contribution in [3.05, 3.63) is 65.7 Å². The van der Waals surface area contributed by atoms with Crippen molar-refractivity contribution in [1.29, 1.82) is 0 Å². The van der Waals surface area contributed by atoms with Gasteiger partial charge >= 0.3 is 11.6 Å². The van der Waals surface area contributed by atoms with E-state index in [-0.39, 0.29) is 0 Å². The molecule has 0 fully saturated rings. The van der Waals surface area contributed by atoms with Crippen LogP contribution in [-0.2, 0) is 6.54 Å². The Bertz CT molecular complexity index is 702. The Hall–Kier alpha value is -2.62. The van der Waals surface area contributed by atoms with Crippen molar-refractivity contribution in [3.63, 3.8) is 0 Å². The third-order valence-corrected chi connectivity index (χ3v) is 3.23. The number of rotatable bonds is 3. The van der Waals surface area contributed by atoms with Crippen molar-refractivity contribution in [2.24, 2.45) is 0 Å². The molecule has 0 saturated carbocycles. The first-order valence-electron chi connectivity index (χ1n) is 6.50. The van der Waals surface area contributed by atoms with Gasteiger partial charge in [0.05, 0.1) is 5.56 Å². The van der Waals surface area contributed by atoms with Crippen LogP contribution in [0.5, 0.6) is 0 Å². The Morgan fingerprint density at radius 1 is 1.05 bits per heavy atom. The van der Waals surface area contributed by atoms with E-state index in [4.69, 9.17) is 10.3 Å². The molecule has 0 aliphatic heterocycles. The lowest BCUT2D eigenvalue weighted by Crippen LogP contribution is -2.38. The summed E-state index contributed by atoms with van der Waals surface area (Å²) in [4.78, 5) is 0. The molecule has 0 unspecified atom stereocenters. The third kappa shape index (κ3) is 2.40. The Morgan fingerprint density at radius 3 is 2.45 bits per heavy atom. The molecule has 2 N–H and O–H groups in total. The summed E-state index contributed by atoms with van der Waals surface area (Å²) in [7, 11) is 0. The average Bonchev–Trinajstić information content (AvgIpc) is 2.82. The van der Waals surface area contributed by atoms with E-state index in [1.807, 2.05) is 30.3 Å².